The number of carbonyl (C=O) groups is 3. The lowest BCUT2D eigenvalue weighted by atomic mass is 10.1. The van der Waals surface area contributed by atoms with Gasteiger partial charge < -0.3 is 21.1 Å². The van der Waals surface area contributed by atoms with Crippen molar-refractivity contribution in [3.8, 4) is 0 Å². The maximum absolute atomic E-state index is 12.5. The number of carbonyl (C=O) groups excluding carboxylic acids is 3. The van der Waals surface area contributed by atoms with E-state index in [0.29, 0.717) is 16.9 Å². The molecule has 0 heterocycles. The molecule has 0 radical (unpaired) electrons. The van der Waals surface area contributed by atoms with Crippen molar-refractivity contribution in [3.05, 3.63) is 63.7 Å². The van der Waals surface area contributed by atoms with E-state index in [1.54, 1.807) is 0 Å². The van der Waals surface area contributed by atoms with Crippen LogP contribution in [0.1, 0.15) is 35.9 Å². The minimum atomic E-state index is -1.08. The van der Waals surface area contributed by atoms with Crippen LogP contribution in [-0.2, 0) is 9.59 Å². The summed E-state index contributed by atoms with van der Waals surface area (Å²) in [7, 11) is 0. The molecule has 0 aromatic heterocycles. The Balaban J connectivity index is 2.11. The highest BCUT2D eigenvalue weighted by molar-refractivity contribution is 5.99. The second kappa shape index (κ2) is 9.42. The molecule has 2 aromatic rings. The van der Waals surface area contributed by atoms with E-state index in [9.17, 15) is 29.6 Å². The summed E-state index contributed by atoms with van der Waals surface area (Å²) in [6.45, 7) is 2.48. The molecule has 0 unspecified atom stereocenters. The summed E-state index contributed by atoms with van der Waals surface area (Å²) in [5.74, 6) is -1.22. The molecule has 0 aliphatic heterocycles. The molecule has 0 aliphatic rings. The number of anilines is 2. The number of hydrogen-bond acceptors (Lipinski definition) is 6. The van der Waals surface area contributed by atoms with Crippen LogP contribution >= 0.6 is 0 Å². The normalized spacial score (nSPS) is 11.3. The fourth-order valence-corrected chi connectivity index (χ4v) is 2.54. The Hall–Kier alpha value is -3.79. The third kappa shape index (κ3) is 6.40. The number of nitrogens with one attached hydrogen (secondary N) is 3. The van der Waals surface area contributed by atoms with Crippen LogP contribution in [0.2, 0.25) is 0 Å². The van der Waals surface area contributed by atoms with E-state index in [2.05, 4.69) is 16.0 Å². The van der Waals surface area contributed by atoms with Crippen LogP contribution in [-0.4, -0.2) is 34.3 Å². The monoisotopic (exact) mass is 400 g/mol. The van der Waals surface area contributed by atoms with Gasteiger partial charge in [0.15, 0.2) is 0 Å². The highest BCUT2D eigenvalue weighted by atomic mass is 16.6. The van der Waals surface area contributed by atoms with Crippen LogP contribution < -0.4 is 16.0 Å². The van der Waals surface area contributed by atoms with Crippen molar-refractivity contribution in [1.29, 1.82) is 0 Å². The number of non-ortho nitro benzene ring substituents is 1. The molecule has 3 amide bonds. The third-order valence-electron chi connectivity index (χ3n) is 3.78. The Morgan fingerprint density at radius 2 is 1.52 bits per heavy atom. The topological polar surface area (TPSA) is 151 Å². The maximum Gasteiger partial charge on any atom is 0.269 e. The minimum absolute atomic E-state index is 0.106. The molecule has 152 valence electrons. The van der Waals surface area contributed by atoms with Gasteiger partial charge in [-0.25, -0.2) is 0 Å². The number of amides is 3. The second-order valence-corrected chi connectivity index (χ2v) is 6.24. The number of aliphatic hydroxyl groups excluding tert-OH is 1. The first kappa shape index (κ1) is 21.5. The van der Waals surface area contributed by atoms with Crippen LogP contribution in [0, 0.1) is 10.1 Å². The van der Waals surface area contributed by atoms with Gasteiger partial charge in [-0.1, -0.05) is 0 Å². The van der Waals surface area contributed by atoms with Crippen molar-refractivity contribution in [2.75, 3.05) is 17.2 Å². The van der Waals surface area contributed by atoms with Crippen molar-refractivity contribution in [2.24, 2.45) is 0 Å². The molecule has 0 bridgehead atoms. The van der Waals surface area contributed by atoms with Gasteiger partial charge in [-0.2, -0.15) is 0 Å². The number of hydrogen-bond donors (Lipinski definition) is 4. The average Bonchev–Trinajstić information content (AvgIpc) is 2.64. The molecule has 2 aromatic carbocycles. The molecule has 2 rings (SSSR count). The Morgan fingerprint density at radius 3 is 1.97 bits per heavy atom. The van der Waals surface area contributed by atoms with Crippen molar-refractivity contribution in [1.82, 2.24) is 5.32 Å². The SMILES string of the molecule is CC(=O)Nc1cc(NC(C)=O)cc(C(=O)NC[C@@H](O)c2ccc([N+](=O)[O-])cc2)c1. The summed E-state index contributed by atoms with van der Waals surface area (Å²) in [5, 5.41) is 28.5. The molecule has 4 N–H and O–H groups in total. The molecule has 0 aliphatic carbocycles. The number of aliphatic hydroxyl groups is 1. The zero-order chi connectivity index (χ0) is 21.6. The lowest BCUT2D eigenvalue weighted by molar-refractivity contribution is -0.384. The van der Waals surface area contributed by atoms with Gasteiger partial charge in [0.25, 0.3) is 11.6 Å². The molecule has 0 saturated heterocycles. The average molecular weight is 400 g/mol. The lowest BCUT2D eigenvalue weighted by Gasteiger charge is -2.14. The van der Waals surface area contributed by atoms with Gasteiger partial charge >= 0.3 is 0 Å². The molecule has 10 heteroatoms. The molecule has 10 nitrogen and oxygen atoms in total. The van der Waals surface area contributed by atoms with E-state index in [1.165, 1.54) is 56.3 Å². The predicted molar refractivity (Wildman–Crippen MR) is 105 cm³/mol. The van der Waals surface area contributed by atoms with E-state index in [4.69, 9.17) is 0 Å². The van der Waals surface area contributed by atoms with Crippen LogP contribution in [0.3, 0.4) is 0 Å². The summed E-state index contributed by atoms with van der Waals surface area (Å²) in [5.41, 5.74) is 1.11. The van der Waals surface area contributed by atoms with Gasteiger partial charge in [-0.15, -0.1) is 0 Å². The second-order valence-electron chi connectivity index (χ2n) is 6.24. The highest BCUT2D eigenvalue weighted by Crippen LogP contribution is 2.20. The summed E-state index contributed by atoms with van der Waals surface area (Å²) >= 11 is 0. The zero-order valence-corrected chi connectivity index (χ0v) is 15.8. The van der Waals surface area contributed by atoms with Gasteiger partial charge in [0.2, 0.25) is 11.8 Å². The van der Waals surface area contributed by atoms with Crippen molar-refractivity contribution >= 4 is 34.8 Å². The Bertz CT molecular complexity index is 908. The molecule has 1 atom stereocenters. The Kier molecular flexibility index (Phi) is 6.99. The maximum atomic E-state index is 12.5. The standard InChI is InChI=1S/C19H20N4O6/c1-11(24)21-15-7-14(8-16(9-15)22-12(2)25)19(27)20-10-18(26)13-3-5-17(6-4-13)23(28)29/h3-9,18,26H,10H2,1-2H3,(H,20,27)(H,21,24)(H,22,25)/t18-/m1/s1. The van der Waals surface area contributed by atoms with Crippen LogP contribution in [0.25, 0.3) is 0 Å². The fraction of sp³-hybridized carbons (Fsp3) is 0.211. The largest absolute Gasteiger partial charge is 0.387 e. The zero-order valence-electron chi connectivity index (χ0n) is 15.8. The fourth-order valence-electron chi connectivity index (χ4n) is 2.54. The molecule has 0 spiro atoms. The summed E-state index contributed by atoms with van der Waals surface area (Å²) in [4.78, 5) is 45.2. The van der Waals surface area contributed by atoms with Crippen LogP contribution in [0.4, 0.5) is 17.1 Å². The van der Waals surface area contributed by atoms with E-state index >= 15 is 0 Å². The number of nitrogens with zero attached hydrogens (tertiary/aromatic N) is 1. The lowest BCUT2D eigenvalue weighted by Crippen LogP contribution is -2.28. The molecule has 29 heavy (non-hydrogen) atoms. The summed E-state index contributed by atoms with van der Waals surface area (Å²) < 4.78 is 0. The van der Waals surface area contributed by atoms with Gasteiger partial charge in [-0.3, -0.25) is 24.5 Å². The minimum Gasteiger partial charge on any atom is -0.387 e. The molecular weight excluding hydrogens is 380 g/mol. The van der Waals surface area contributed by atoms with Crippen molar-refractivity contribution < 1.29 is 24.4 Å². The number of nitro groups is 1. The number of rotatable bonds is 7. The van der Waals surface area contributed by atoms with Gasteiger partial charge in [0, 0.05) is 49.5 Å². The third-order valence-corrected chi connectivity index (χ3v) is 3.78. The quantitative estimate of drug-likeness (QED) is 0.412. The summed E-state index contributed by atoms with van der Waals surface area (Å²) in [6, 6.07) is 9.70. The van der Waals surface area contributed by atoms with Gasteiger partial charge in [0.1, 0.15) is 0 Å². The Morgan fingerprint density at radius 1 is 1.00 bits per heavy atom. The van der Waals surface area contributed by atoms with Crippen molar-refractivity contribution in [2.45, 2.75) is 20.0 Å². The van der Waals surface area contributed by atoms with Gasteiger partial charge in [0.05, 0.1) is 11.0 Å². The van der Waals surface area contributed by atoms with E-state index in [0.717, 1.165) is 0 Å². The van der Waals surface area contributed by atoms with Gasteiger partial charge in [-0.05, 0) is 35.9 Å². The first-order valence-corrected chi connectivity index (χ1v) is 8.56. The van der Waals surface area contributed by atoms with Crippen molar-refractivity contribution in [3.63, 3.8) is 0 Å². The molecule has 0 fully saturated rings. The number of nitro benzene ring substituents is 1. The van der Waals surface area contributed by atoms with E-state index in [1.807, 2.05) is 0 Å². The predicted octanol–water partition coefficient (Wildman–Crippen LogP) is 1.97. The molecular formula is C19H20N4O6. The van der Waals surface area contributed by atoms with Crippen LogP contribution in [0.5, 0.6) is 0 Å². The summed E-state index contributed by atoms with van der Waals surface area (Å²) in [6.07, 6.45) is -1.08. The van der Waals surface area contributed by atoms with E-state index in [-0.39, 0.29) is 29.6 Å². The first-order chi connectivity index (χ1) is 13.7. The first-order valence-electron chi connectivity index (χ1n) is 8.56. The smallest absolute Gasteiger partial charge is 0.269 e. The number of benzene rings is 2. The Labute approximate surface area is 166 Å². The van der Waals surface area contributed by atoms with Crippen LogP contribution in [0.15, 0.2) is 42.5 Å². The highest BCUT2D eigenvalue weighted by Gasteiger charge is 2.14. The van der Waals surface area contributed by atoms with E-state index < -0.39 is 16.9 Å². The molecule has 0 saturated carbocycles.